The number of nitrogens with one attached hydrogen (secondary N) is 9. The molecule has 1 aromatic heterocycles. The minimum absolute atomic E-state index is 0.0185. The first-order chi connectivity index (χ1) is 35.2. The maximum Gasteiger partial charge on any atom is 0.326 e. The lowest BCUT2D eigenvalue weighted by Gasteiger charge is -2.29. The summed E-state index contributed by atoms with van der Waals surface area (Å²) in [5.41, 5.74) is 12.6. The first-order valence-electron chi connectivity index (χ1n) is 25.6. The number of nitrogens with two attached hydrogens (primary N) is 2. The molecule has 0 unspecified atom stereocenters. The van der Waals surface area contributed by atoms with Gasteiger partial charge in [-0.15, -0.1) is 0 Å². The molecule has 0 saturated carbocycles. The molecule has 0 bridgehead atoms. The van der Waals surface area contributed by atoms with E-state index in [1.165, 1.54) is 19.4 Å². The molecular weight excluding hydrogens is 973 g/mol. The highest BCUT2D eigenvalue weighted by atomic mass is 16.4. The largest absolute Gasteiger partial charge is 0.481 e. The average Bonchev–Trinajstić information content (AvgIpc) is 3.85. The first kappa shape index (κ1) is 64.2. The monoisotopic (exact) mass is 1050 g/mol. The van der Waals surface area contributed by atoms with Gasteiger partial charge in [0.1, 0.15) is 48.3 Å². The zero-order valence-corrected chi connectivity index (χ0v) is 44.7. The molecule has 24 nitrogen and oxygen atoms in total. The molecule has 1 heterocycles. The number of benzene rings is 1. The lowest BCUT2D eigenvalue weighted by Crippen LogP contribution is -2.61. The molecule has 0 saturated heterocycles. The Labute approximate surface area is 439 Å². The Balaban J connectivity index is 2.36. The second-order valence-electron chi connectivity index (χ2n) is 20.4. The van der Waals surface area contributed by atoms with Crippen LogP contribution in [0.3, 0.4) is 0 Å². The molecular formula is C51H82N12O12. The Hall–Kier alpha value is -6.95. The quantitative estimate of drug-likeness (QED) is 0.0407. The van der Waals surface area contributed by atoms with E-state index in [4.69, 9.17) is 11.5 Å². The highest BCUT2D eigenvalue weighted by molar-refractivity contribution is 5.98. The number of aliphatic carboxylic acids is 2. The number of imidazole rings is 1. The van der Waals surface area contributed by atoms with E-state index in [0.717, 1.165) is 0 Å². The molecule has 418 valence electrons. The van der Waals surface area contributed by atoms with Crippen LogP contribution in [0.25, 0.3) is 0 Å². The second-order valence-corrected chi connectivity index (χ2v) is 20.4. The Kier molecular flexibility index (Phi) is 27.7. The molecule has 0 aliphatic carbocycles. The fourth-order valence-electron chi connectivity index (χ4n) is 7.78. The van der Waals surface area contributed by atoms with Crippen LogP contribution in [-0.4, -0.2) is 140 Å². The lowest BCUT2D eigenvalue weighted by atomic mass is 9.98. The third-order valence-electron chi connectivity index (χ3n) is 12.0. The maximum atomic E-state index is 14.3. The van der Waals surface area contributed by atoms with Crippen molar-refractivity contribution in [2.24, 2.45) is 35.1 Å². The van der Waals surface area contributed by atoms with Crippen molar-refractivity contribution in [1.82, 2.24) is 52.5 Å². The molecule has 0 aliphatic rings. The smallest absolute Gasteiger partial charge is 0.326 e. The number of hydrogen-bond donors (Lipinski definition) is 13. The van der Waals surface area contributed by atoms with E-state index in [-0.39, 0.29) is 37.5 Å². The molecule has 24 heteroatoms. The molecule has 0 fully saturated rings. The number of carboxylic acid groups (broad SMARTS) is 2. The number of nitrogens with zero attached hydrogens (tertiary/aromatic N) is 1. The van der Waals surface area contributed by atoms with Gasteiger partial charge in [-0.05, 0) is 74.8 Å². The van der Waals surface area contributed by atoms with Gasteiger partial charge in [-0.3, -0.25) is 43.2 Å². The Bertz CT molecular complexity index is 2190. The number of hydrogen-bond acceptors (Lipinski definition) is 13. The standard InChI is InChI=1S/C51H82N12O12/c1-27(2)21-36(58-45(68)35(18-19-40(64)65)57-43(66)31(9)56-49(72)41(29(5)6)62-44(67)34(53)17-13-14-20-52)48(71)63-42(30(7)8)50(73)60-38(24-33-25-54-26-55-33)47(70)59-37(23-32-15-11-10-12-16-32)46(69)61-39(51(74)75)22-28(3)4/h10-12,15-16,25-31,34-39,41-42H,13-14,17-24,52-53H2,1-9H3,(H,54,55)(H,56,72)(H,57,66)(H,58,68)(H,59,70)(H,60,73)(H,61,69)(H,62,67)(H,63,71)(H,64,65)(H,74,75)/t31-,34-,35-,36-,37-,38-,39-,41-,42-/m0/s1. The van der Waals surface area contributed by atoms with E-state index in [2.05, 4.69) is 52.5 Å². The number of aromatic nitrogens is 2. The van der Waals surface area contributed by atoms with Gasteiger partial charge < -0.3 is 69.2 Å². The first-order valence-corrected chi connectivity index (χ1v) is 25.6. The van der Waals surface area contributed by atoms with Crippen LogP contribution < -0.4 is 54.0 Å². The summed E-state index contributed by atoms with van der Waals surface area (Å²) < 4.78 is 0. The average molecular weight is 1060 g/mol. The molecule has 2 rings (SSSR count). The summed E-state index contributed by atoms with van der Waals surface area (Å²) in [4.78, 5) is 141. The minimum atomic E-state index is -1.52. The molecule has 0 spiro atoms. The number of rotatable bonds is 34. The lowest BCUT2D eigenvalue weighted by molar-refractivity contribution is -0.143. The van der Waals surface area contributed by atoms with Crippen molar-refractivity contribution in [3.8, 4) is 0 Å². The Morgan fingerprint density at radius 1 is 0.547 bits per heavy atom. The molecule has 2 aromatic rings. The van der Waals surface area contributed by atoms with Gasteiger partial charge in [-0.1, -0.05) is 92.1 Å². The third kappa shape index (κ3) is 23.4. The van der Waals surface area contributed by atoms with Gasteiger partial charge in [0.25, 0.3) is 0 Å². The summed E-state index contributed by atoms with van der Waals surface area (Å²) in [6.07, 6.45) is 3.37. The SMILES string of the molecule is CC(C)C[C@H](NC(=O)[C@H](Cc1ccccc1)NC(=O)[C@H](Cc1cnc[nH]1)NC(=O)[C@@H](NC(=O)[C@H](CC(C)C)NC(=O)[C@H](CCC(=O)O)NC(=O)[C@H](C)NC(=O)[C@@H](NC(=O)[C@@H](N)CCCCN)C(C)C)C(C)C)C(=O)O. The number of H-pyrrole nitrogens is 1. The summed E-state index contributed by atoms with van der Waals surface area (Å²) >= 11 is 0. The third-order valence-corrected chi connectivity index (χ3v) is 12.0. The number of unbranched alkanes of at least 4 members (excludes halogenated alkanes) is 1. The number of carboxylic acids is 2. The number of carbonyl (C=O) groups is 10. The summed E-state index contributed by atoms with van der Waals surface area (Å²) in [5, 5.41) is 40.3. The zero-order valence-electron chi connectivity index (χ0n) is 44.7. The van der Waals surface area contributed by atoms with Crippen LogP contribution in [0.2, 0.25) is 0 Å². The zero-order chi connectivity index (χ0) is 56.5. The van der Waals surface area contributed by atoms with Crippen LogP contribution in [0.15, 0.2) is 42.9 Å². The topological polar surface area (TPSA) is 388 Å². The van der Waals surface area contributed by atoms with E-state index >= 15 is 0 Å². The van der Waals surface area contributed by atoms with Crippen molar-refractivity contribution in [3.05, 3.63) is 54.1 Å². The van der Waals surface area contributed by atoms with Crippen molar-refractivity contribution in [2.75, 3.05) is 6.54 Å². The van der Waals surface area contributed by atoms with E-state index in [1.54, 1.807) is 85.7 Å². The van der Waals surface area contributed by atoms with Crippen LogP contribution >= 0.6 is 0 Å². The van der Waals surface area contributed by atoms with E-state index < -0.39 is 138 Å². The normalized spacial score (nSPS) is 15.0. The minimum Gasteiger partial charge on any atom is -0.481 e. The van der Waals surface area contributed by atoms with Crippen LogP contribution in [0.1, 0.15) is 119 Å². The van der Waals surface area contributed by atoms with Crippen molar-refractivity contribution in [2.45, 2.75) is 174 Å². The summed E-state index contributed by atoms with van der Waals surface area (Å²) in [6.45, 7) is 15.5. The van der Waals surface area contributed by atoms with E-state index in [1.807, 2.05) is 0 Å². The van der Waals surface area contributed by atoms with Gasteiger partial charge in [0.05, 0.1) is 12.4 Å². The predicted molar refractivity (Wildman–Crippen MR) is 278 cm³/mol. The second kappa shape index (κ2) is 32.4. The molecule has 75 heavy (non-hydrogen) atoms. The van der Waals surface area contributed by atoms with Gasteiger partial charge in [-0.25, -0.2) is 9.78 Å². The summed E-state index contributed by atoms with van der Waals surface area (Å²) in [7, 11) is 0. The molecule has 9 atom stereocenters. The van der Waals surface area contributed by atoms with E-state index in [0.29, 0.717) is 37.1 Å². The van der Waals surface area contributed by atoms with Crippen LogP contribution in [0, 0.1) is 23.7 Å². The predicted octanol–water partition coefficient (Wildman–Crippen LogP) is -0.0969. The molecule has 15 N–H and O–H groups in total. The van der Waals surface area contributed by atoms with Gasteiger partial charge >= 0.3 is 11.9 Å². The molecule has 1 aromatic carbocycles. The molecule has 8 amide bonds. The molecule has 0 aliphatic heterocycles. The van der Waals surface area contributed by atoms with Crippen molar-refractivity contribution in [3.63, 3.8) is 0 Å². The molecule has 0 radical (unpaired) electrons. The van der Waals surface area contributed by atoms with Crippen LogP contribution in [0.4, 0.5) is 0 Å². The van der Waals surface area contributed by atoms with Crippen molar-refractivity contribution in [1.29, 1.82) is 0 Å². The maximum absolute atomic E-state index is 14.3. The van der Waals surface area contributed by atoms with E-state index in [9.17, 15) is 58.2 Å². The summed E-state index contributed by atoms with van der Waals surface area (Å²) in [6, 6.07) is -2.67. The fourth-order valence-corrected chi connectivity index (χ4v) is 7.78. The van der Waals surface area contributed by atoms with Gasteiger partial charge in [0.2, 0.25) is 47.3 Å². The highest BCUT2D eigenvalue weighted by Gasteiger charge is 2.36. The fraction of sp³-hybridized carbons (Fsp3) is 0.627. The number of amides is 8. The van der Waals surface area contributed by atoms with Crippen LogP contribution in [-0.2, 0) is 60.8 Å². The Morgan fingerprint density at radius 3 is 1.55 bits per heavy atom. The van der Waals surface area contributed by atoms with Crippen LogP contribution in [0.5, 0.6) is 0 Å². The van der Waals surface area contributed by atoms with Gasteiger partial charge in [-0.2, -0.15) is 0 Å². The number of carbonyl (C=O) groups excluding carboxylic acids is 8. The number of aromatic amines is 1. The van der Waals surface area contributed by atoms with Crippen molar-refractivity contribution >= 4 is 59.2 Å². The Morgan fingerprint density at radius 2 is 1.03 bits per heavy atom. The summed E-state index contributed by atoms with van der Waals surface area (Å²) in [5.74, 6) is -10.2. The van der Waals surface area contributed by atoms with Gasteiger partial charge in [0.15, 0.2) is 0 Å². The van der Waals surface area contributed by atoms with Gasteiger partial charge in [0, 0.05) is 31.2 Å². The van der Waals surface area contributed by atoms with Crippen molar-refractivity contribution < 1.29 is 58.2 Å². The highest BCUT2D eigenvalue weighted by Crippen LogP contribution is 2.13.